The van der Waals surface area contributed by atoms with Crippen LogP contribution >= 0.6 is 0 Å². The molecule has 3 heteroatoms. The summed E-state index contributed by atoms with van der Waals surface area (Å²) in [7, 11) is 4.30. The van der Waals surface area contributed by atoms with Gasteiger partial charge in [-0.05, 0) is 0 Å². The van der Waals surface area contributed by atoms with Crippen LogP contribution in [0.5, 0.6) is 0 Å². The molecule has 0 unspecified atom stereocenters. The van der Waals surface area contributed by atoms with Crippen molar-refractivity contribution in [3.8, 4) is 0 Å². The van der Waals surface area contributed by atoms with E-state index in [1.807, 2.05) is 0 Å². The first kappa shape index (κ1) is 14.4. The molecule has 0 spiro atoms. The van der Waals surface area contributed by atoms with Gasteiger partial charge in [0.15, 0.2) is 0 Å². The van der Waals surface area contributed by atoms with Crippen LogP contribution in [0.25, 0.3) is 0 Å². The third-order valence-corrected chi connectivity index (χ3v) is 10.2. The Kier molecular flexibility index (Phi) is 5.90. The number of nitrogens with zero attached hydrogens (tertiary/aromatic N) is 1. The number of hydrogen-bond acceptors (Lipinski definition) is 1. The molecule has 1 nitrogen and oxygen atoms in total. The summed E-state index contributed by atoms with van der Waals surface area (Å²) in [6.07, 6.45) is 15.6. The molecule has 17 heavy (non-hydrogen) atoms. The van der Waals surface area contributed by atoms with E-state index in [0.717, 1.165) is 0 Å². The molecule has 0 aromatic carbocycles. The molecule has 0 bridgehead atoms. The third kappa shape index (κ3) is 3.98. The predicted octanol–water partition coefficient (Wildman–Crippen LogP) is 1.36. The molecule has 0 heterocycles. The minimum atomic E-state index is 0.525. The van der Waals surface area contributed by atoms with Gasteiger partial charge in [0.2, 0.25) is 0 Å². The van der Waals surface area contributed by atoms with E-state index in [1.165, 1.54) is 10.7 Å². The molecular formula is C14H17NSe2. The van der Waals surface area contributed by atoms with Crippen LogP contribution in [0.1, 0.15) is 6.92 Å². The van der Waals surface area contributed by atoms with Gasteiger partial charge in [-0.15, -0.1) is 0 Å². The first-order chi connectivity index (χ1) is 8.18. The third-order valence-electron chi connectivity index (χ3n) is 2.89. The summed E-state index contributed by atoms with van der Waals surface area (Å²) in [6, 6.07) is 0.525. The molecule has 0 aliphatic heterocycles. The van der Waals surface area contributed by atoms with Crippen LogP contribution in [-0.4, -0.2) is 51.3 Å². The SMILES string of the molecule is C[C@H]([C]1[CH][CH][CH][C]1[Se][Se][C]1[CH][CH][CH][CH]1)N(C)C. The van der Waals surface area contributed by atoms with Crippen LogP contribution in [0.2, 0.25) is 0 Å². The molecule has 2 rings (SSSR count). The average Bonchev–Trinajstić information content (AvgIpc) is 2.96. The van der Waals surface area contributed by atoms with Crippen LogP contribution in [0.4, 0.5) is 0 Å². The standard InChI is InChI=1S/C14H17NSe2/c1-11(15(2)3)13-9-6-10-14(13)17-16-12-7-4-5-8-12/h4-11H,1-3H3/t11-/m1/s1. The van der Waals surface area contributed by atoms with Gasteiger partial charge in [-0.25, -0.2) is 0 Å². The Balaban J connectivity index is 1.78. The molecule has 90 valence electrons. The molecule has 0 aromatic rings. The van der Waals surface area contributed by atoms with Gasteiger partial charge in [0, 0.05) is 0 Å². The Labute approximate surface area is 118 Å². The van der Waals surface area contributed by atoms with Gasteiger partial charge in [-0.2, -0.15) is 0 Å². The molecule has 1 atom stereocenters. The molecule has 0 saturated heterocycles. The Morgan fingerprint density at radius 3 is 2.29 bits per heavy atom. The van der Waals surface area contributed by atoms with Gasteiger partial charge in [-0.1, -0.05) is 0 Å². The first-order valence-electron chi connectivity index (χ1n) is 5.66. The molecule has 2 fully saturated rings. The van der Waals surface area contributed by atoms with Crippen LogP contribution < -0.4 is 0 Å². The van der Waals surface area contributed by atoms with Crippen LogP contribution in [-0.2, 0) is 0 Å². The van der Waals surface area contributed by atoms with Gasteiger partial charge in [-0.3, -0.25) is 0 Å². The summed E-state index contributed by atoms with van der Waals surface area (Å²) in [5, 5.41) is 0. The van der Waals surface area contributed by atoms with Crippen molar-refractivity contribution in [1.82, 2.24) is 4.90 Å². The van der Waals surface area contributed by atoms with Gasteiger partial charge in [0.25, 0.3) is 0 Å². The fourth-order valence-corrected chi connectivity index (χ4v) is 8.45. The Morgan fingerprint density at radius 1 is 0.941 bits per heavy atom. The van der Waals surface area contributed by atoms with E-state index in [0.29, 0.717) is 32.3 Å². The Morgan fingerprint density at radius 2 is 1.65 bits per heavy atom. The number of hydrogen-bond donors (Lipinski definition) is 0. The van der Waals surface area contributed by atoms with Gasteiger partial charge in [0.05, 0.1) is 0 Å². The van der Waals surface area contributed by atoms with E-state index in [1.54, 1.807) is 4.82 Å². The van der Waals surface area contributed by atoms with Crippen molar-refractivity contribution >= 4 is 26.3 Å². The van der Waals surface area contributed by atoms with Crippen molar-refractivity contribution in [2.24, 2.45) is 0 Å². The summed E-state index contributed by atoms with van der Waals surface area (Å²) >= 11 is 1.25. The molecule has 0 N–H and O–H groups in total. The van der Waals surface area contributed by atoms with E-state index in [9.17, 15) is 0 Å². The summed E-state index contributed by atoms with van der Waals surface area (Å²) < 4.78 is 0. The van der Waals surface area contributed by atoms with E-state index < -0.39 is 0 Å². The van der Waals surface area contributed by atoms with Crippen LogP contribution in [0, 0.1) is 60.5 Å². The number of rotatable bonds is 5. The Hall–Kier alpha value is 0.999. The van der Waals surface area contributed by atoms with Crippen molar-refractivity contribution < 1.29 is 0 Å². The van der Waals surface area contributed by atoms with Crippen molar-refractivity contribution in [3.63, 3.8) is 0 Å². The van der Waals surface area contributed by atoms with E-state index in [2.05, 4.69) is 70.9 Å². The van der Waals surface area contributed by atoms with Gasteiger partial charge in [0.1, 0.15) is 0 Å². The van der Waals surface area contributed by atoms with Crippen molar-refractivity contribution in [3.05, 3.63) is 60.5 Å². The van der Waals surface area contributed by atoms with Crippen molar-refractivity contribution in [1.29, 1.82) is 0 Å². The minimum absolute atomic E-state index is 0.525. The zero-order chi connectivity index (χ0) is 12.3. The second-order valence-corrected chi connectivity index (χ2v) is 10.5. The van der Waals surface area contributed by atoms with E-state index >= 15 is 0 Å². The summed E-state index contributed by atoms with van der Waals surface area (Å²) in [6.45, 7) is 2.28. The van der Waals surface area contributed by atoms with Gasteiger partial charge < -0.3 is 0 Å². The molecule has 2 aliphatic rings. The maximum absolute atomic E-state index is 2.31. The zero-order valence-corrected chi connectivity index (χ0v) is 13.8. The van der Waals surface area contributed by atoms with E-state index in [4.69, 9.17) is 0 Å². The van der Waals surface area contributed by atoms with Gasteiger partial charge >= 0.3 is 119 Å². The Bertz CT molecular complexity index is 226. The summed E-state index contributed by atoms with van der Waals surface area (Å²) in [5.41, 5.74) is 0. The normalized spacial score (nSPS) is 26.1. The molecule has 10 radical (unpaired) electrons. The second kappa shape index (κ2) is 6.96. The molecule has 2 saturated carbocycles. The second-order valence-electron chi connectivity index (χ2n) is 4.27. The monoisotopic (exact) mass is 359 g/mol. The molecule has 2 aliphatic carbocycles. The molecule has 0 amide bonds. The fraction of sp³-hybridized carbons (Fsp3) is 0.286. The van der Waals surface area contributed by atoms with Crippen molar-refractivity contribution in [2.45, 2.75) is 13.0 Å². The predicted molar refractivity (Wildman–Crippen MR) is 74.5 cm³/mol. The fourth-order valence-electron chi connectivity index (χ4n) is 1.62. The zero-order valence-electron chi connectivity index (χ0n) is 10.4. The average molecular weight is 357 g/mol. The molecular weight excluding hydrogens is 340 g/mol. The topological polar surface area (TPSA) is 3.24 Å². The summed E-state index contributed by atoms with van der Waals surface area (Å²) in [4.78, 5) is 5.40. The van der Waals surface area contributed by atoms with Crippen molar-refractivity contribution in [2.75, 3.05) is 14.1 Å². The van der Waals surface area contributed by atoms with Crippen LogP contribution in [0.15, 0.2) is 0 Å². The summed E-state index contributed by atoms with van der Waals surface area (Å²) in [5.74, 6) is 1.52. The maximum atomic E-state index is 2.31. The quantitative estimate of drug-likeness (QED) is 0.672. The van der Waals surface area contributed by atoms with E-state index in [-0.39, 0.29) is 0 Å². The van der Waals surface area contributed by atoms with Crippen LogP contribution in [0.3, 0.4) is 0 Å². The first-order valence-corrected chi connectivity index (χ1v) is 11.7. The molecule has 0 aromatic heterocycles.